The number of benzene rings is 3. The number of nitriles is 1. The fourth-order valence-electron chi connectivity index (χ4n) is 3.41. The number of esters is 1. The molecule has 174 valence electrons. The zero-order chi connectivity index (χ0) is 24.6. The van der Waals surface area contributed by atoms with Crippen LogP contribution in [0.5, 0.6) is 5.75 Å². The number of aromatic nitrogens is 2. The molecule has 6 nitrogen and oxygen atoms in total. The Kier molecular flexibility index (Phi) is 7.34. The molecular formula is C28H22FN3O3. The summed E-state index contributed by atoms with van der Waals surface area (Å²) in [6.07, 6.45) is 3.24. The van der Waals surface area contributed by atoms with Gasteiger partial charge in [0, 0.05) is 17.3 Å². The third-order valence-corrected chi connectivity index (χ3v) is 5.11. The van der Waals surface area contributed by atoms with E-state index >= 15 is 0 Å². The molecule has 0 aliphatic heterocycles. The first-order chi connectivity index (χ1) is 17.1. The van der Waals surface area contributed by atoms with E-state index in [0.29, 0.717) is 17.0 Å². The molecule has 0 atom stereocenters. The van der Waals surface area contributed by atoms with Crippen LogP contribution in [0.1, 0.15) is 18.1 Å². The molecule has 0 unspecified atom stereocenters. The van der Waals surface area contributed by atoms with Crippen LogP contribution in [-0.2, 0) is 16.1 Å². The van der Waals surface area contributed by atoms with E-state index in [1.165, 1.54) is 18.2 Å². The van der Waals surface area contributed by atoms with Crippen LogP contribution < -0.4 is 4.74 Å². The average molecular weight is 468 g/mol. The molecule has 4 aromatic rings. The van der Waals surface area contributed by atoms with Gasteiger partial charge in [0.25, 0.3) is 0 Å². The third-order valence-electron chi connectivity index (χ3n) is 5.11. The van der Waals surface area contributed by atoms with Crippen LogP contribution in [0.3, 0.4) is 0 Å². The van der Waals surface area contributed by atoms with Crippen molar-refractivity contribution < 1.29 is 18.7 Å². The second-order valence-electron chi connectivity index (χ2n) is 7.55. The van der Waals surface area contributed by atoms with E-state index in [1.54, 1.807) is 29.9 Å². The summed E-state index contributed by atoms with van der Waals surface area (Å²) in [5.74, 6) is -0.392. The number of carbonyl (C=O) groups excluding carboxylic acids is 1. The SMILES string of the molecule is CCOC(=O)C(C#N)=Cc1cn(-c2ccccc2)nc1-c1cccc(OCc2ccc(F)cc2)c1. The Labute approximate surface area is 202 Å². The number of carbonyl (C=O) groups is 1. The normalized spacial score (nSPS) is 11.1. The Morgan fingerprint density at radius 2 is 1.86 bits per heavy atom. The van der Waals surface area contributed by atoms with Crippen molar-refractivity contribution in [3.05, 3.63) is 108 Å². The lowest BCUT2D eigenvalue weighted by Crippen LogP contribution is -2.06. The van der Waals surface area contributed by atoms with Crippen LogP contribution in [0.4, 0.5) is 4.39 Å². The van der Waals surface area contributed by atoms with Gasteiger partial charge in [-0.2, -0.15) is 10.4 Å². The first-order valence-electron chi connectivity index (χ1n) is 11.0. The first-order valence-corrected chi connectivity index (χ1v) is 11.0. The predicted octanol–water partition coefficient (Wildman–Crippen LogP) is 5.73. The predicted molar refractivity (Wildman–Crippen MR) is 130 cm³/mol. The van der Waals surface area contributed by atoms with E-state index in [-0.39, 0.29) is 24.6 Å². The molecule has 7 heteroatoms. The number of halogens is 1. The highest BCUT2D eigenvalue weighted by molar-refractivity contribution is 5.98. The maximum absolute atomic E-state index is 13.2. The number of hydrogen-bond donors (Lipinski definition) is 0. The summed E-state index contributed by atoms with van der Waals surface area (Å²) in [7, 11) is 0. The fraction of sp³-hybridized carbons (Fsp3) is 0.107. The summed E-state index contributed by atoms with van der Waals surface area (Å²) in [5.41, 5.74) is 3.43. The Morgan fingerprint density at radius 1 is 1.09 bits per heavy atom. The van der Waals surface area contributed by atoms with E-state index in [0.717, 1.165) is 16.8 Å². The van der Waals surface area contributed by atoms with Gasteiger partial charge in [0.1, 0.15) is 35.5 Å². The Bertz CT molecular complexity index is 1390. The Morgan fingerprint density at radius 3 is 2.57 bits per heavy atom. The van der Waals surface area contributed by atoms with Crippen molar-refractivity contribution >= 4 is 12.0 Å². The van der Waals surface area contributed by atoms with Crippen LogP contribution in [-0.4, -0.2) is 22.4 Å². The monoisotopic (exact) mass is 467 g/mol. The van der Waals surface area contributed by atoms with Gasteiger partial charge in [0.05, 0.1) is 12.3 Å². The molecule has 4 rings (SSSR count). The van der Waals surface area contributed by atoms with Crippen LogP contribution in [0.2, 0.25) is 0 Å². The molecular weight excluding hydrogens is 445 g/mol. The molecule has 0 aliphatic carbocycles. The highest BCUT2D eigenvalue weighted by Gasteiger charge is 2.16. The standard InChI is InChI=1S/C28H22FN3O3/c1-2-34-28(33)22(17-30)15-23-18-32(25-8-4-3-5-9-25)31-27(23)21-7-6-10-26(16-21)35-19-20-11-13-24(29)14-12-20/h3-16,18H,2,19H2,1H3. The highest BCUT2D eigenvalue weighted by Crippen LogP contribution is 2.29. The van der Waals surface area contributed by atoms with Crippen LogP contribution in [0, 0.1) is 17.1 Å². The smallest absolute Gasteiger partial charge is 0.348 e. The zero-order valence-corrected chi connectivity index (χ0v) is 19.0. The average Bonchev–Trinajstić information content (AvgIpc) is 3.32. The second-order valence-corrected chi connectivity index (χ2v) is 7.55. The van der Waals surface area contributed by atoms with E-state index in [1.807, 2.05) is 60.7 Å². The molecule has 1 aromatic heterocycles. The molecule has 0 radical (unpaired) electrons. The van der Waals surface area contributed by atoms with Gasteiger partial charge in [-0.25, -0.2) is 13.9 Å². The summed E-state index contributed by atoms with van der Waals surface area (Å²) in [5, 5.41) is 14.2. The lowest BCUT2D eigenvalue weighted by Gasteiger charge is -2.08. The summed E-state index contributed by atoms with van der Waals surface area (Å²) in [4.78, 5) is 12.2. The molecule has 3 aromatic carbocycles. The van der Waals surface area contributed by atoms with Crippen molar-refractivity contribution in [2.24, 2.45) is 0 Å². The summed E-state index contributed by atoms with van der Waals surface area (Å²) in [6.45, 7) is 2.13. The van der Waals surface area contributed by atoms with Crippen LogP contribution >= 0.6 is 0 Å². The zero-order valence-electron chi connectivity index (χ0n) is 19.0. The van der Waals surface area contributed by atoms with Crippen LogP contribution in [0.25, 0.3) is 23.0 Å². The molecule has 0 aliphatic rings. The second kappa shape index (κ2) is 10.9. The maximum atomic E-state index is 13.2. The summed E-state index contributed by atoms with van der Waals surface area (Å²) >= 11 is 0. The van der Waals surface area contributed by atoms with Gasteiger partial charge in [0.15, 0.2) is 0 Å². The number of ether oxygens (including phenoxy) is 2. The minimum atomic E-state index is -0.690. The summed E-state index contributed by atoms with van der Waals surface area (Å²) < 4.78 is 25.7. The van der Waals surface area contributed by atoms with Gasteiger partial charge < -0.3 is 9.47 Å². The number of rotatable bonds is 8. The number of nitrogens with zero attached hydrogens (tertiary/aromatic N) is 3. The minimum Gasteiger partial charge on any atom is -0.489 e. The van der Waals surface area contributed by atoms with Crippen molar-refractivity contribution in [3.63, 3.8) is 0 Å². The first kappa shape index (κ1) is 23.5. The van der Waals surface area contributed by atoms with E-state index in [4.69, 9.17) is 14.6 Å². The van der Waals surface area contributed by atoms with Gasteiger partial charge in [-0.3, -0.25) is 0 Å². The minimum absolute atomic E-state index is 0.121. The van der Waals surface area contributed by atoms with Crippen LogP contribution in [0.15, 0.2) is 90.6 Å². The van der Waals surface area contributed by atoms with Gasteiger partial charge in [-0.1, -0.05) is 42.5 Å². The van der Waals surface area contributed by atoms with Crippen molar-refractivity contribution in [1.29, 1.82) is 5.26 Å². The van der Waals surface area contributed by atoms with E-state index < -0.39 is 5.97 Å². The quantitative estimate of drug-likeness (QED) is 0.188. The molecule has 1 heterocycles. The van der Waals surface area contributed by atoms with Gasteiger partial charge in [-0.15, -0.1) is 0 Å². The van der Waals surface area contributed by atoms with Gasteiger partial charge in [0.2, 0.25) is 0 Å². The van der Waals surface area contributed by atoms with Crippen molar-refractivity contribution in [3.8, 4) is 28.8 Å². The number of hydrogen-bond acceptors (Lipinski definition) is 5. The molecule has 35 heavy (non-hydrogen) atoms. The molecule has 0 saturated heterocycles. The molecule has 0 amide bonds. The summed E-state index contributed by atoms with van der Waals surface area (Å²) in [6, 6.07) is 24.9. The van der Waals surface area contributed by atoms with Gasteiger partial charge >= 0.3 is 5.97 Å². The maximum Gasteiger partial charge on any atom is 0.348 e. The Balaban J connectivity index is 1.70. The topological polar surface area (TPSA) is 77.1 Å². The molecule has 0 bridgehead atoms. The lowest BCUT2D eigenvalue weighted by atomic mass is 10.1. The van der Waals surface area contributed by atoms with Gasteiger partial charge in [-0.05, 0) is 55.0 Å². The molecule has 0 fully saturated rings. The third kappa shape index (κ3) is 5.81. The Hall–Kier alpha value is -4.70. The van der Waals surface area contributed by atoms with E-state index in [9.17, 15) is 14.4 Å². The van der Waals surface area contributed by atoms with E-state index in [2.05, 4.69) is 0 Å². The molecule has 0 saturated carbocycles. The molecule has 0 N–H and O–H groups in total. The largest absolute Gasteiger partial charge is 0.489 e. The number of para-hydroxylation sites is 1. The molecule has 0 spiro atoms. The fourth-order valence-corrected chi connectivity index (χ4v) is 3.41. The lowest BCUT2D eigenvalue weighted by molar-refractivity contribution is -0.137. The highest BCUT2D eigenvalue weighted by atomic mass is 19.1. The van der Waals surface area contributed by atoms with Crippen molar-refractivity contribution in [1.82, 2.24) is 9.78 Å². The van der Waals surface area contributed by atoms with Crippen molar-refractivity contribution in [2.75, 3.05) is 6.61 Å². The van der Waals surface area contributed by atoms with Crippen molar-refractivity contribution in [2.45, 2.75) is 13.5 Å².